The smallest absolute Gasteiger partial charge is 0.263 e. The summed E-state index contributed by atoms with van der Waals surface area (Å²) >= 11 is 2.54. The molecule has 1 atom stereocenters. The fraction of sp³-hybridized carbons (Fsp3) is 0.176. The summed E-state index contributed by atoms with van der Waals surface area (Å²) in [4.78, 5) is 17.5. The van der Waals surface area contributed by atoms with Gasteiger partial charge in [0.25, 0.3) is 5.91 Å². The second kappa shape index (κ2) is 6.80. The van der Waals surface area contributed by atoms with Crippen molar-refractivity contribution >= 4 is 28.6 Å². The summed E-state index contributed by atoms with van der Waals surface area (Å²) in [5, 5.41) is 15.4. The highest BCUT2D eigenvalue weighted by atomic mass is 32.1. The van der Waals surface area contributed by atoms with Gasteiger partial charge in [-0.25, -0.2) is 9.37 Å². The molecule has 2 aromatic heterocycles. The van der Waals surface area contributed by atoms with Crippen LogP contribution >= 0.6 is 22.7 Å². The molecule has 0 aliphatic carbocycles. The summed E-state index contributed by atoms with van der Waals surface area (Å²) in [7, 11) is 0. The Labute approximate surface area is 146 Å². The molecule has 0 aliphatic rings. The fourth-order valence-corrected chi connectivity index (χ4v) is 3.80. The van der Waals surface area contributed by atoms with E-state index in [1.54, 1.807) is 25.1 Å². The van der Waals surface area contributed by atoms with Crippen LogP contribution in [0.15, 0.2) is 48.0 Å². The van der Waals surface area contributed by atoms with Gasteiger partial charge in [-0.1, -0.05) is 18.2 Å². The average Bonchev–Trinajstić information content (AvgIpc) is 3.25. The van der Waals surface area contributed by atoms with Gasteiger partial charge in [-0.15, -0.1) is 22.7 Å². The summed E-state index contributed by atoms with van der Waals surface area (Å²) in [6.07, 6.45) is 1.42. The SMILES string of the molecule is CC(O)(CNC(=O)c1cnc(-c2ccccc2F)s1)c1cccs1. The number of amides is 1. The number of halogens is 1. The maximum absolute atomic E-state index is 13.8. The molecule has 0 radical (unpaired) electrons. The zero-order valence-corrected chi connectivity index (χ0v) is 14.5. The van der Waals surface area contributed by atoms with Crippen LogP contribution in [0.4, 0.5) is 4.39 Å². The van der Waals surface area contributed by atoms with Crippen molar-refractivity contribution in [2.45, 2.75) is 12.5 Å². The number of thiophene rings is 1. The Morgan fingerprint density at radius 1 is 1.33 bits per heavy atom. The molecule has 24 heavy (non-hydrogen) atoms. The first-order chi connectivity index (χ1) is 11.5. The molecule has 0 saturated heterocycles. The Balaban J connectivity index is 1.70. The molecule has 0 spiro atoms. The van der Waals surface area contributed by atoms with E-state index in [-0.39, 0.29) is 18.3 Å². The minimum atomic E-state index is -1.14. The van der Waals surface area contributed by atoms with Crippen molar-refractivity contribution in [3.63, 3.8) is 0 Å². The Hall–Kier alpha value is -2.09. The number of thiazole rings is 1. The molecule has 124 valence electrons. The average molecular weight is 362 g/mol. The quantitative estimate of drug-likeness (QED) is 0.728. The van der Waals surface area contributed by atoms with Crippen molar-refractivity contribution in [2.24, 2.45) is 0 Å². The molecule has 0 saturated carbocycles. The van der Waals surface area contributed by atoms with Crippen LogP contribution in [0, 0.1) is 5.82 Å². The topological polar surface area (TPSA) is 62.2 Å². The van der Waals surface area contributed by atoms with E-state index in [0.29, 0.717) is 15.4 Å². The lowest BCUT2D eigenvalue weighted by molar-refractivity contribution is 0.0558. The molecular formula is C17H15FN2O2S2. The molecule has 3 aromatic rings. The van der Waals surface area contributed by atoms with E-state index in [2.05, 4.69) is 10.3 Å². The van der Waals surface area contributed by atoms with Gasteiger partial charge in [0.05, 0.1) is 12.7 Å². The summed E-state index contributed by atoms with van der Waals surface area (Å²) < 4.78 is 13.8. The number of aliphatic hydroxyl groups is 1. The van der Waals surface area contributed by atoms with Gasteiger partial charge >= 0.3 is 0 Å². The van der Waals surface area contributed by atoms with Crippen molar-refractivity contribution in [3.8, 4) is 10.6 Å². The molecule has 0 fully saturated rings. The molecule has 3 rings (SSSR count). The van der Waals surface area contributed by atoms with Crippen molar-refractivity contribution in [1.82, 2.24) is 10.3 Å². The largest absolute Gasteiger partial charge is 0.383 e. The second-order valence-electron chi connectivity index (χ2n) is 5.44. The summed E-state index contributed by atoms with van der Waals surface area (Å²) in [5.74, 6) is -0.716. The first-order valence-corrected chi connectivity index (χ1v) is 8.92. The summed E-state index contributed by atoms with van der Waals surface area (Å²) in [6.45, 7) is 1.73. The number of aromatic nitrogens is 1. The summed E-state index contributed by atoms with van der Waals surface area (Å²) in [6, 6.07) is 9.97. The maximum atomic E-state index is 13.8. The van der Waals surface area contributed by atoms with Crippen LogP contribution in [0.25, 0.3) is 10.6 Å². The minimum absolute atomic E-state index is 0.0826. The van der Waals surface area contributed by atoms with Crippen molar-refractivity contribution in [1.29, 1.82) is 0 Å². The van der Waals surface area contributed by atoms with Crippen LogP contribution in [0.3, 0.4) is 0 Å². The number of nitrogens with one attached hydrogen (secondary N) is 1. The van der Waals surface area contributed by atoms with E-state index >= 15 is 0 Å². The fourth-order valence-electron chi connectivity index (χ4n) is 2.15. The monoisotopic (exact) mass is 362 g/mol. The highest BCUT2D eigenvalue weighted by molar-refractivity contribution is 7.16. The lowest BCUT2D eigenvalue weighted by atomic mass is 10.1. The number of carbonyl (C=O) groups excluding carboxylic acids is 1. The first-order valence-electron chi connectivity index (χ1n) is 7.23. The van der Waals surface area contributed by atoms with Gasteiger partial charge in [0.15, 0.2) is 0 Å². The minimum Gasteiger partial charge on any atom is -0.383 e. The van der Waals surface area contributed by atoms with E-state index in [1.165, 1.54) is 23.6 Å². The van der Waals surface area contributed by atoms with Crippen LogP contribution < -0.4 is 5.32 Å². The third kappa shape index (κ3) is 3.53. The van der Waals surface area contributed by atoms with E-state index in [1.807, 2.05) is 17.5 Å². The number of benzene rings is 1. The van der Waals surface area contributed by atoms with Crippen LogP contribution in [-0.4, -0.2) is 22.5 Å². The van der Waals surface area contributed by atoms with E-state index in [9.17, 15) is 14.3 Å². The molecular weight excluding hydrogens is 347 g/mol. The molecule has 7 heteroatoms. The molecule has 0 bridgehead atoms. The highest BCUT2D eigenvalue weighted by Crippen LogP contribution is 2.28. The van der Waals surface area contributed by atoms with Crippen LogP contribution in [0.1, 0.15) is 21.5 Å². The zero-order chi connectivity index (χ0) is 17.2. The van der Waals surface area contributed by atoms with Gasteiger partial charge in [0.1, 0.15) is 21.3 Å². The normalized spacial score (nSPS) is 13.5. The predicted molar refractivity (Wildman–Crippen MR) is 93.7 cm³/mol. The second-order valence-corrected chi connectivity index (χ2v) is 7.42. The van der Waals surface area contributed by atoms with Gasteiger partial charge in [0.2, 0.25) is 0 Å². The zero-order valence-electron chi connectivity index (χ0n) is 12.8. The van der Waals surface area contributed by atoms with Gasteiger partial charge in [-0.05, 0) is 30.5 Å². The number of hydrogen-bond acceptors (Lipinski definition) is 5. The lowest BCUT2D eigenvalue weighted by Crippen LogP contribution is -2.37. The highest BCUT2D eigenvalue weighted by Gasteiger charge is 2.25. The Bertz CT molecular complexity index is 844. The van der Waals surface area contributed by atoms with Crippen molar-refractivity contribution in [3.05, 3.63) is 63.5 Å². The maximum Gasteiger partial charge on any atom is 0.263 e. The van der Waals surface area contributed by atoms with Crippen molar-refractivity contribution < 1.29 is 14.3 Å². The van der Waals surface area contributed by atoms with Crippen LogP contribution in [0.2, 0.25) is 0 Å². The Morgan fingerprint density at radius 2 is 2.12 bits per heavy atom. The van der Waals surface area contributed by atoms with Gasteiger partial charge in [-0.3, -0.25) is 4.79 Å². The van der Waals surface area contributed by atoms with Gasteiger partial charge in [0, 0.05) is 10.4 Å². The Kier molecular flexibility index (Phi) is 4.75. The third-order valence-corrected chi connectivity index (χ3v) is 5.63. The lowest BCUT2D eigenvalue weighted by Gasteiger charge is -2.21. The van der Waals surface area contributed by atoms with Gasteiger partial charge < -0.3 is 10.4 Å². The molecule has 1 unspecified atom stereocenters. The van der Waals surface area contributed by atoms with Crippen molar-refractivity contribution in [2.75, 3.05) is 6.54 Å². The molecule has 0 aliphatic heterocycles. The van der Waals surface area contributed by atoms with Crippen LogP contribution in [-0.2, 0) is 5.60 Å². The third-order valence-electron chi connectivity index (χ3n) is 3.48. The van der Waals surface area contributed by atoms with Gasteiger partial charge in [-0.2, -0.15) is 0 Å². The molecule has 2 N–H and O–H groups in total. The first kappa shape index (κ1) is 16.8. The van der Waals surface area contributed by atoms with E-state index in [4.69, 9.17) is 0 Å². The number of hydrogen-bond donors (Lipinski definition) is 2. The molecule has 1 aromatic carbocycles. The molecule has 2 heterocycles. The summed E-state index contributed by atoms with van der Waals surface area (Å²) in [5.41, 5.74) is -0.768. The number of rotatable bonds is 5. The van der Waals surface area contributed by atoms with E-state index < -0.39 is 5.60 Å². The number of carbonyl (C=O) groups is 1. The van der Waals surface area contributed by atoms with Crippen LogP contribution in [0.5, 0.6) is 0 Å². The number of nitrogens with zero attached hydrogens (tertiary/aromatic N) is 1. The van der Waals surface area contributed by atoms with E-state index in [0.717, 1.165) is 16.2 Å². The predicted octanol–water partition coefficient (Wildman–Crippen LogP) is 3.65. The molecule has 1 amide bonds. The Morgan fingerprint density at radius 3 is 2.83 bits per heavy atom. The standard InChI is InChI=1S/C17H15FN2O2S2/c1-17(22,14-7-4-8-23-14)10-20-15(21)13-9-19-16(24-13)11-5-2-3-6-12(11)18/h2-9,22H,10H2,1H3,(H,20,21). The molecule has 4 nitrogen and oxygen atoms in total.